The van der Waals surface area contributed by atoms with Gasteiger partial charge < -0.3 is 4.85 Å². The van der Waals surface area contributed by atoms with Gasteiger partial charge in [-0.2, -0.15) is 0 Å². The van der Waals surface area contributed by atoms with Crippen LogP contribution < -0.4 is 37.7 Å². The Hall–Kier alpha value is -0.275. The van der Waals surface area contributed by atoms with Crippen LogP contribution in [0.4, 0.5) is 0 Å². The molecule has 0 spiro atoms. The van der Waals surface area contributed by atoms with Crippen molar-refractivity contribution in [3.63, 3.8) is 0 Å². The SMILES string of the molecule is [C-]#[N+][CH-]S(=O)(=O)c1ccc(C)cc1.[Li+].[Li+]. The van der Waals surface area contributed by atoms with Gasteiger partial charge in [0.25, 0.3) is 0 Å². The summed E-state index contributed by atoms with van der Waals surface area (Å²) in [7, 11) is -3.51. The second kappa shape index (κ2) is 7.07. The third-order valence-electron chi connectivity index (χ3n) is 1.54. The van der Waals surface area contributed by atoms with E-state index in [-0.39, 0.29) is 42.6 Å². The minimum absolute atomic E-state index is 0. The molecular formula is C9H8Li2NO2S+. The summed E-state index contributed by atoms with van der Waals surface area (Å²) in [6, 6.07) is 6.38. The predicted molar refractivity (Wildman–Crippen MR) is 49.3 cm³/mol. The van der Waals surface area contributed by atoms with Crippen molar-refractivity contribution in [3.05, 3.63) is 47.1 Å². The maximum atomic E-state index is 11.3. The van der Waals surface area contributed by atoms with Gasteiger partial charge >= 0.3 is 37.7 Å². The van der Waals surface area contributed by atoms with E-state index >= 15 is 0 Å². The average molecular weight is 208 g/mol. The third kappa shape index (κ3) is 4.85. The van der Waals surface area contributed by atoms with Crippen LogP contribution in [0.5, 0.6) is 0 Å². The molecule has 1 rings (SSSR count). The second-order valence-electron chi connectivity index (χ2n) is 2.59. The van der Waals surface area contributed by atoms with Crippen LogP contribution in [0.25, 0.3) is 4.85 Å². The zero-order valence-electron chi connectivity index (χ0n) is 9.06. The van der Waals surface area contributed by atoms with Crippen LogP contribution in [0.15, 0.2) is 29.2 Å². The molecule has 0 aliphatic rings. The molecule has 0 aromatic heterocycles. The van der Waals surface area contributed by atoms with Gasteiger partial charge in [-0.15, -0.1) is 0 Å². The van der Waals surface area contributed by atoms with E-state index in [4.69, 9.17) is 6.57 Å². The van der Waals surface area contributed by atoms with E-state index in [1.54, 1.807) is 12.1 Å². The molecule has 0 unspecified atom stereocenters. The molecule has 0 amide bonds. The Labute approximate surface area is 114 Å². The molecule has 0 aliphatic carbocycles. The van der Waals surface area contributed by atoms with Crippen LogP contribution in [-0.2, 0) is 9.84 Å². The Morgan fingerprint density at radius 3 is 2.07 bits per heavy atom. The van der Waals surface area contributed by atoms with Crippen LogP contribution in [0.1, 0.15) is 5.56 Å². The zero-order chi connectivity index (χ0) is 9.90. The number of rotatable bonds is 2. The molecule has 0 fully saturated rings. The van der Waals surface area contributed by atoms with Crippen molar-refractivity contribution >= 4 is 9.84 Å². The largest absolute Gasteiger partial charge is 1.00 e. The third-order valence-corrected chi connectivity index (χ3v) is 2.85. The van der Waals surface area contributed by atoms with Crippen molar-refractivity contribution in [1.82, 2.24) is 0 Å². The summed E-state index contributed by atoms with van der Waals surface area (Å²) < 4.78 is 22.5. The number of nitrogens with zero attached hydrogens (tertiary/aromatic N) is 1. The van der Waals surface area contributed by atoms with Crippen molar-refractivity contribution in [2.24, 2.45) is 0 Å². The number of hydrogen-bond acceptors (Lipinski definition) is 2. The van der Waals surface area contributed by atoms with Crippen molar-refractivity contribution in [1.29, 1.82) is 0 Å². The minimum atomic E-state index is -3.51. The summed E-state index contributed by atoms with van der Waals surface area (Å²) in [5, 5.41) is 0. The van der Waals surface area contributed by atoms with E-state index in [1.165, 1.54) is 12.1 Å². The van der Waals surface area contributed by atoms with Crippen molar-refractivity contribution < 1.29 is 46.1 Å². The van der Waals surface area contributed by atoms with Crippen molar-refractivity contribution in [2.45, 2.75) is 11.8 Å². The van der Waals surface area contributed by atoms with Crippen molar-refractivity contribution in [2.75, 3.05) is 0 Å². The molecule has 0 atom stereocenters. The fourth-order valence-electron chi connectivity index (χ4n) is 0.858. The number of benzene rings is 1. The van der Waals surface area contributed by atoms with E-state index in [2.05, 4.69) is 4.85 Å². The summed E-state index contributed by atoms with van der Waals surface area (Å²) in [6.45, 7) is 8.31. The number of hydrogen-bond donors (Lipinski definition) is 0. The predicted octanol–water partition coefficient (Wildman–Crippen LogP) is -4.18. The molecule has 0 aliphatic heterocycles. The van der Waals surface area contributed by atoms with Crippen LogP contribution >= 0.6 is 0 Å². The fraction of sp³-hybridized carbons (Fsp3) is 0.111. The first-order valence-corrected chi connectivity index (χ1v) is 5.12. The topological polar surface area (TPSA) is 38.5 Å². The Balaban J connectivity index is 0. The summed E-state index contributed by atoms with van der Waals surface area (Å²) in [5.41, 5.74) is 0.988. The molecule has 0 N–H and O–H groups in total. The molecule has 0 radical (unpaired) electrons. The minimum Gasteiger partial charge on any atom is -0.445 e. The van der Waals surface area contributed by atoms with Gasteiger partial charge in [0.2, 0.25) is 0 Å². The molecule has 0 saturated carbocycles. The number of sulfone groups is 1. The maximum Gasteiger partial charge on any atom is 1.00 e. The number of aryl methyl sites for hydroxylation is 1. The summed E-state index contributed by atoms with van der Waals surface area (Å²) >= 11 is 0. The van der Waals surface area contributed by atoms with Crippen LogP contribution in [0.2, 0.25) is 0 Å². The van der Waals surface area contributed by atoms with E-state index in [9.17, 15) is 8.42 Å². The smallest absolute Gasteiger partial charge is 0.445 e. The van der Waals surface area contributed by atoms with E-state index in [1.807, 2.05) is 6.92 Å². The van der Waals surface area contributed by atoms with Gasteiger partial charge in [-0.1, -0.05) is 17.7 Å². The summed E-state index contributed by atoms with van der Waals surface area (Å²) in [5.74, 6) is 0.623. The molecule has 0 bridgehead atoms. The average Bonchev–Trinajstić information content (AvgIpc) is 2.05. The van der Waals surface area contributed by atoms with E-state index in [0.29, 0.717) is 5.88 Å². The Bertz CT molecular complexity index is 434. The monoisotopic (exact) mass is 208 g/mol. The van der Waals surface area contributed by atoms with Gasteiger partial charge in [0.1, 0.15) is 9.84 Å². The van der Waals surface area contributed by atoms with Crippen molar-refractivity contribution in [3.8, 4) is 0 Å². The Kier molecular flexibility index (Phi) is 8.08. The van der Waals surface area contributed by atoms with E-state index < -0.39 is 9.84 Å². The Morgan fingerprint density at radius 1 is 1.20 bits per heavy atom. The van der Waals surface area contributed by atoms with Crippen LogP contribution in [0, 0.1) is 19.4 Å². The first-order chi connectivity index (χ1) is 6.06. The second-order valence-corrected chi connectivity index (χ2v) is 4.36. The fourth-order valence-corrected chi connectivity index (χ4v) is 1.63. The summed E-state index contributed by atoms with van der Waals surface area (Å²) in [6.07, 6.45) is 0. The van der Waals surface area contributed by atoms with Gasteiger partial charge in [-0.25, -0.2) is 8.42 Å². The molecule has 15 heavy (non-hydrogen) atoms. The standard InChI is InChI=1S/C9H8NO2S.2Li/c1-8-3-5-9(6-4-8)13(11,12)7-10-2;;/h3-7H,1H3;;/q-1;2*+1. The molecule has 0 saturated heterocycles. The molecule has 1 aromatic rings. The molecule has 3 nitrogen and oxygen atoms in total. The van der Waals surface area contributed by atoms with Gasteiger partial charge in [0, 0.05) is 4.90 Å². The van der Waals surface area contributed by atoms with Crippen LogP contribution in [0.3, 0.4) is 0 Å². The van der Waals surface area contributed by atoms with Gasteiger partial charge in [0.15, 0.2) is 0 Å². The molecule has 0 heterocycles. The Morgan fingerprint density at radius 2 is 1.67 bits per heavy atom. The van der Waals surface area contributed by atoms with E-state index in [0.717, 1.165) is 5.56 Å². The van der Waals surface area contributed by atoms with Gasteiger partial charge in [-0.3, -0.25) is 6.57 Å². The van der Waals surface area contributed by atoms with Gasteiger partial charge in [0.05, 0.1) is 5.88 Å². The quantitative estimate of drug-likeness (QED) is 0.365. The molecule has 1 aromatic carbocycles. The first-order valence-electron chi connectivity index (χ1n) is 3.58. The maximum absolute atomic E-state index is 11.3. The molecule has 68 valence electrons. The summed E-state index contributed by atoms with van der Waals surface area (Å²) in [4.78, 5) is 2.90. The van der Waals surface area contributed by atoms with Crippen LogP contribution in [-0.4, -0.2) is 8.42 Å². The zero-order valence-corrected chi connectivity index (χ0v) is 9.88. The normalized spacial score (nSPS) is 9.07. The first kappa shape index (κ1) is 17.1. The molecular weight excluding hydrogens is 200 g/mol. The molecule has 6 heteroatoms. The van der Waals surface area contributed by atoms with Gasteiger partial charge in [-0.05, 0) is 19.1 Å².